The monoisotopic (exact) mass is 354 g/mol. The number of halogens is 2. The summed E-state index contributed by atoms with van der Waals surface area (Å²) in [6, 6.07) is 13.1. The Labute approximate surface area is 153 Å². The zero-order valence-electron chi connectivity index (χ0n) is 14.2. The van der Waals surface area contributed by atoms with E-state index < -0.39 is 0 Å². The van der Waals surface area contributed by atoms with Gasteiger partial charge in [0.05, 0.1) is 0 Å². The molecule has 0 N–H and O–H groups in total. The van der Waals surface area contributed by atoms with Crippen LogP contribution in [0.4, 0.5) is 4.39 Å². The quantitative estimate of drug-likeness (QED) is 0.315. The molecule has 0 spiro atoms. The fourth-order valence-corrected chi connectivity index (χ4v) is 2.42. The molecule has 2 rings (SSSR count). The van der Waals surface area contributed by atoms with Crippen molar-refractivity contribution in [2.75, 3.05) is 0 Å². The Morgan fingerprint density at radius 2 is 1.64 bits per heavy atom. The first-order valence-electron chi connectivity index (χ1n) is 7.97. The van der Waals surface area contributed by atoms with Crippen LogP contribution < -0.4 is 0 Å². The lowest BCUT2D eigenvalue weighted by atomic mass is 9.94. The van der Waals surface area contributed by atoms with E-state index in [9.17, 15) is 9.18 Å². The predicted molar refractivity (Wildman–Crippen MR) is 104 cm³/mol. The van der Waals surface area contributed by atoms with E-state index in [0.29, 0.717) is 29.0 Å². The maximum absolute atomic E-state index is 13.2. The van der Waals surface area contributed by atoms with Gasteiger partial charge in [-0.3, -0.25) is 4.79 Å². The molecular formula is C22H20ClFO. The Kier molecular flexibility index (Phi) is 6.49. The van der Waals surface area contributed by atoms with Gasteiger partial charge in [-0.1, -0.05) is 60.2 Å². The minimum Gasteiger partial charge on any atom is -0.294 e. The number of hydrogen-bond donors (Lipinski definition) is 0. The summed E-state index contributed by atoms with van der Waals surface area (Å²) in [5, 5.41) is 0.629. The van der Waals surface area contributed by atoms with Gasteiger partial charge in [-0.2, -0.15) is 0 Å². The van der Waals surface area contributed by atoms with Crippen molar-refractivity contribution < 1.29 is 9.18 Å². The molecule has 0 unspecified atom stereocenters. The summed E-state index contributed by atoms with van der Waals surface area (Å²) in [6.45, 7) is 9.64. The number of ketones is 1. The average Bonchev–Trinajstić information content (AvgIpc) is 2.59. The number of hydrogen-bond acceptors (Lipinski definition) is 1. The van der Waals surface area contributed by atoms with Crippen LogP contribution in [0.25, 0.3) is 11.6 Å². The van der Waals surface area contributed by atoms with Crippen molar-refractivity contribution in [2.45, 2.75) is 19.8 Å². The fourth-order valence-electron chi connectivity index (χ4n) is 2.29. The molecule has 0 saturated carbocycles. The molecule has 25 heavy (non-hydrogen) atoms. The maximum Gasteiger partial charge on any atom is 0.163 e. The summed E-state index contributed by atoms with van der Waals surface area (Å²) >= 11 is 5.91. The highest BCUT2D eigenvalue weighted by molar-refractivity contribution is 6.30. The third-order valence-corrected chi connectivity index (χ3v) is 4.15. The van der Waals surface area contributed by atoms with Gasteiger partial charge in [0.1, 0.15) is 5.82 Å². The Morgan fingerprint density at radius 3 is 2.20 bits per heavy atom. The lowest BCUT2D eigenvalue weighted by Gasteiger charge is -2.09. The van der Waals surface area contributed by atoms with Gasteiger partial charge < -0.3 is 0 Å². The van der Waals surface area contributed by atoms with Crippen molar-refractivity contribution in [3.05, 3.63) is 94.8 Å². The lowest BCUT2D eigenvalue weighted by Crippen LogP contribution is -2.03. The molecule has 0 aliphatic carbocycles. The highest BCUT2D eigenvalue weighted by atomic mass is 35.5. The van der Waals surface area contributed by atoms with Crippen LogP contribution in [0, 0.1) is 5.82 Å². The second-order valence-corrected chi connectivity index (χ2v) is 6.36. The number of benzene rings is 2. The maximum atomic E-state index is 13.2. The van der Waals surface area contributed by atoms with Gasteiger partial charge in [0.15, 0.2) is 5.78 Å². The van der Waals surface area contributed by atoms with Crippen LogP contribution >= 0.6 is 11.6 Å². The third-order valence-electron chi connectivity index (χ3n) is 3.89. The Hall–Kier alpha value is -2.45. The first-order chi connectivity index (χ1) is 11.9. The molecule has 2 aromatic carbocycles. The van der Waals surface area contributed by atoms with Gasteiger partial charge in [-0.15, -0.1) is 0 Å². The molecule has 0 heterocycles. The van der Waals surface area contributed by atoms with Crippen molar-refractivity contribution in [1.29, 1.82) is 0 Å². The second-order valence-electron chi connectivity index (χ2n) is 5.92. The van der Waals surface area contributed by atoms with Gasteiger partial charge in [-0.25, -0.2) is 4.39 Å². The zero-order chi connectivity index (χ0) is 18.4. The second kappa shape index (κ2) is 8.59. The minimum atomic E-state index is -0.335. The molecule has 0 saturated heterocycles. The van der Waals surface area contributed by atoms with Gasteiger partial charge >= 0.3 is 0 Å². The van der Waals surface area contributed by atoms with Crippen molar-refractivity contribution in [3.63, 3.8) is 0 Å². The average molecular weight is 355 g/mol. The van der Waals surface area contributed by atoms with Gasteiger partial charge in [0.2, 0.25) is 0 Å². The number of Topliss-reactive ketones (excluding diaryl/α,β-unsaturated/α-hetero) is 1. The summed E-state index contributed by atoms with van der Waals surface area (Å²) in [7, 11) is 0. The highest BCUT2D eigenvalue weighted by Crippen LogP contribution is 2.24. The summed E-state index contributed by atoms with van der Waals surface area (Å²) < 4.78 is 13.2. The van der Waals surface area contributed by atoms with Gasteiger partial charge in [0, 0.05) is 17.0 Å². The van der Waals surface area contributed by atoms with Crippen LogP contribution in [0.2, 0.25) is 5.02 Å². The van der Waals surface area contributed by atoms with E-state index in [4.69, 9.17) is 11.6 Å². The van der Waals surface area contributed by atoms with E-state index in [1.54, 1.807) is 30.3 Å². The molecule has 0 aliphatic rings. The van der Waals surface area contributed by atoms with Gasteiger partial charge in [-0.05, 0) is 54.8 Å². The fraction of sp³-hybridized carbons (Fsp3) is 0.136. The van der Waals surface area contributed by atoms with Crippen LogP contribution in [0.3, 0.4) is 0 Å². The predicted octanol–water partition coefficient (Wildman–Crippen LogP) is 6.50. The zero-order valence-corrected chi connectivity index (χ0v) is 14.9. The van der Waals surface area contributed by atoms with E-state index in [2.05, 4.69) is 13.2 Å². The first-order valence-corrected chi connectivity index (χ1v) is 8.34. The third kappa shape index (κ3) is 5.54. The summed E-state index contributed by atoms with van der Waals surface area (Å²) in [6.07, 6.45) is 2.67. The van der Waals surface area contributed by atoms with E-state index in [1.165, 1.54) is 12.1 Å². The topological polar surface area (TPSA) is 17.1 Å². The standard InChI is InChI=1S/C22H20ClFO/c1-15(2)16(3)4-13-22(25)21(18-7-11-20(24)12-8-18)14-17-5-9-19(23)10-6-17/h5-12,14H,1,3-4,13H2,2H3/b21-14+. The number of rotatable bonds is 7. The Bertz CT molecular complexity index is 814. The molecule has 1 nitrogen and oxygen atoms in total. The normalized spacial score (nSPS) is 11.2. The van der Waals surface area contributed by atoms with Crippen molar-refractivity contribution >= 4 is 29.0 Å². The largest absolute Gasteiger partial charge is 0.294 e. The summed E-state index contributed by atoms with van der Waals surface area (Å²) in [5.41, 5.74) is 3.81. The smallest absolute Gasteiger partial charge is 0.163 e. The molecule has 0 fully saturated rings. The van der Waals surface area contributed by atoms with E-state index in [1.807, 2.05) is 19.1 Å². The summed E-state index contributed by atoms with van der Waals surface area (Å²) in [5.74, 6) is -0.360. The van der Waals surface area contributed by atoms with Crippen LogP contribution in [-0.4, -0.2) is 5.78 Å². The summed E-state index contributed by atoms with van der Waals surface area (Å²) in [4.78, 5) is 12.8. The minimum absolute atomic E-state index is 0.0241. The molecule has 0 aromatic heterocycles. The SMILES string of the molecule is C=C(C)C(=C)CCC(=O)/C(=C/c1ccc(Cl)cc1)c1ccc(F)cc1. The Balaban J connectivity index is 2.33. The molecule has 0 aliphatic heterocycles. The van der Waals surface area contributed by atoms with E-state index >= 15 is 0 Å². The van der Waals surface area contributed by atoms with E-state index in [0.717, 1.165) is 16.7 Å². The molecule has 0 amide bonds. The van der Waals surface area contributed by atoms with Crippen LogP contribution in [0.15, 0.2) is 72.8 Å². The van der Waals surface area contributed by atoms with Crippen LogP contribution in [0.5, 0.6) is 0 Å². The molecule has 3 heteroatoms. The molecule has 128 valence electrons. The van der Waals surface area contributed by atoms with Crippen LogP contribution in [0.1, 0.15) is 30.9 Å². The van der Waals surface area contributed by atoms with Crippen LogP contribution in [-0.2, 0) is 4.79 Å². The molecular weight excluding hydrogens is 335 g/mol. The van der Waals surface area contributed by atoms with Crippen molar-refractivity contribution in [2.24, 2.45) is 0 Å². The first kappa shape index (κ1) is 18.9. The molecule has 0 bridgehead atoms. The van der Waals surface area contributed by atoms with E-state index in [-0.39, 0.29) is 11.6 Å². The number of carbonyl (C=O) groups excluding carboxylic acids is 1. The molecule has 2 aromatic rings. The molecule has 0 radical (unpaired) electrons. The van der Waals surface area contributed by atoms with Crippen molar-refractivity contribution in [1.82, 2.24) is 0 Å². The highest BCUT2D eigenvalue weighted by Gasteiger charge is 2.13. The number of carbonyl (C=O) groups is 1. The van der Waals surface area contributed by atoms with Crippen molar-refractivity contribution in [3.8, 4) is 0 Å². The molecule has 0 atom stereocenters. The number of allylic oxidation sites excluding steroid dienone is 3. The Morgan fingerprint density at radius 1 is 1.04 bits per heavy atom. The van der Waals surface area contributed by atoms with Gasteiger partial charge in [0.25, 0.3) is 0 Å². The lowest BCUT2D eigenvalue weighted by molar-refractivity contribution is -0.113.